The topological polar surface area (TPSA) is 288 Å². The number of primary amides is 1. The Morgan fingerprint density at radius 3 is 1.37 bits per heavy atom. The van der Waals surface area contributed by atoms with Crippen molar-refractivity contribution in [1.29, 1.82) is 0 Å². The van der Waals surface area contributed by atoms with Crippen LogP contribution in [-0.2, 0) is 71.0 Å². The van der Waals surface area contributed by atoms with Crippen LogP contribution in [-0.4, -0.2) is 124 Å². The molecule has 1 heterocycles. The van der Waals surface area contributed by atoms with E-state index >= 15 is 9.36 Å². The van der Waals surface area contributed by atoms with Crippen LogP contribution >= 0.6 is 77.4 Å². The molecule has 8 atom stereocenters. The number of hydrogen-bond acceptors (Lipinski definition) is 19. The van der Waals surface area contributed by atoms with Gasteiger partial charge in [-0.05, 0) is 76.6 Å². The second-order valence-corrected chi connectivity index (χ2v) is 34.1. The highest BCUT2D eigenvalue weighted by molar-refractivity contribution is 7.49. The lowest BCUT2D eigenvalue weighted by atomic mass is 9.96. The zero-order chi connectivity index (χ0) is 78.1. The van der Waals surface area contributed by atoms with E-state index in [0.717, 1.165) is 167 Å². The van der Waals surface area contributed by atoms with Crippen LogP contribution in [0.2, 0.25) is 0 Å². The summed E-state index contributed by atoms with van der Waals surface area (Å²) in [6.45, 7) is 8.46. The Bertz CT molecular complexity index is 2770. The van der Waals surface area contributed by atoms with E-state index in [1.54, 1.807) is 36.4 Å². The van der Waals surface area contributed by atoms with Crippen LogP contribution in [0.4, 0.5) is 9.59 Å². The third-order valence-electron chi connectivity index (χ3n) is 17.9. The zero-order valence-electron chi connectivity index (χ0n) is 63.4. The molecule has 1 saturated heterocycles. The maximum atomic E-state index is 15.8. The third kappa shape index (κ3) is 44.0. The summed E-state index contributed by atoms with van der Waals surface area (Å²) in [5.41, 5.74) is 4.17. The van der Waals surface area contributed by atoms with Crippen LogP contribution in [0.3, 0.4) is 0 Å². The predicted octanol–water partition coefficient (Wildman–Crippen LogP) is 20.8. The molecule has 0 radical (unpaired) electrons. The van der Waals surface area contributed by atoms with E-state index in [9.17, 15) is 28.8 Å². The number of alkyl carbamates (subject to hydrolysis) is 1. The van der Waals surface area contributed by atoms with Crippen molar-refractivity contribution in [3.8, 4) is 11.5 Å². The van der Waals surface area contributed by atoms with Crippen molar-refractivity contribution in [2.45, 2.75) is 348 Å². The van der Waals surface area contributed by atoms with E-state index in [2.05, 4.69) is 38.3 Å². The number of nitrogens with two attached hydrogens (primary N) is 1. The molecule has 0 aliphatic carbocycles. The lowest BCUT2D eigenvalue weighted by Gasteiger charge is -2.45. The van der Waals surface area contributed by atoms with Gasteiger partial charge in [-0.25, -0.2) is 14.2 Å². The number of ether oxygens (including phenoxy) is 8. The number of carbonyl (C=O) groups is 7. The van der Waals surface area contributed by atoms with Crippen molar-refractivity contribution >= 4 is 119 Å². The van der Waals surface area contributed by atoms with Gasteiger partial charge in [0.05, 0.1) is 19.4 Å². The van der Waals surface area contributed by atoms with Crippen molar-refractivity contribution in [3.63, 3.8) is 0 Å². The monoisotopic (exact) mass is 1630 g/mol. The van der Waals surface area contributed by atoms with Crippen LogP contribution in [0.5, 0.6) is 11.5 Å². The first-order valence-corrected chi connectivity index (χ1v) is 42.5. The number of amides is 3. The summed E-state index contributed by atoms with van der Waals surface area (Å²) in [7, 11) is -5.22. The molecule has 1 aliphatic rings. The van der Waals surface area contributed by atoms with Gasteiger partial charge in [-0.2, -0.15) is 0 Å². The molecular formula is C77H122Cl6N3O19P. The van der Waals surface area contributed by atoms with Crippen LogP contribution in [0, 0.1) is 0 Å². The maximum Gasteiger partial charge on any atom is 0.588 e. The van der Waals surface area contributed by atoms with Gasteiger partial charge in [-0.1, -0.05) is 313 Å². The van der Waals surface area contributed by atoms with Crippen molar-refractivity contribution in [2.75, 3.05) is 19.8 Å². The Labute approximate surface area is 660 Å². The normalized spacial score (nSPS) is 17.1. The van der Waals surface area contributed by atoms with E-state index in [4.69, 9.17) is 127 Å². The van der Waals surface area contributed by atoms with Crippen LogP contribution < -0.4 is 25.4 Å². The minimum atomic E-state index is -5.22. The molecule has 0 aromatic heterocycles. The average molecular weight is 1640 g/mol. The first-order valence-electron chi connectivity index (χ1n) is 38.8. The lowest BCUT2D eigenvalue weighted by Crippen LogP contribution is -2.67. The number of nitrogens with one attached hydrogen (secondary N) is 2. The Morgan fingerprint density at radius 2 is 0.953 bits per heavy atom. The van der Waals surface area contributed by atoms with E-state index in [-0.39, 0.29) is 37.2 Å². The summed E-state index contributed by atoms with van der Waals surface area (Å²) in [5.74, 6) is -4.07. The van der Waals surface area contributed by atoms with Gasteiger partial charge < -0.3 is 63.3 Å². The molecule has 2 aromatic carbocycles. The standard InChI is InChI=1S/C77H122Cl6N3O19P/c1-7-11-15-19-23-25-29-31-37-49-60(98-65(88)51-43-33-27-21-17-13-9-3)53-64(87)85-62(71(84)91)55-95-72-68(86-73(92)97-57-76(78,79)80)70(101-67(90)54-61(50-38-32-30-26-24-20-16-12-8-2)99-66(89)52-44-34-28-22-18-14-10-4)69(63(100-72)56-96-74(93)102-75(5,6)77(81,82)83)105-106(94,103-58-45-39-35-40-46-58)104-59-47-41-36-42-48-59/h35-36,39-42,45-48,60-63,68-70,72H,7-34,37-38,43-44,49-57H2,1-6H3,(H2,84,91)(H,85,87)(H,86,92)/t60-,61-,62+,63-,68-,69-,70-,72-/m1/s1. The number of unbranched alkanes of at least 4 members (excludes halogenated alkanes) is 28. The van der Waals surface area contributed by atoms with Gasteiger partial charge in [0.25, 0.3) is 0 Å². The molecule has 2 aromatic rings. The minimum Gasteiger partial charge on any atom is -0.462 e. The fourth-order valence-electron chi connectivity index (χ4n) is 11.7. The minimum absolute atomic E-state index is 0.0582. The zero-order valence-corrected chi connectivity index (χ0v) is 68.9. The number of phosphoric acid groups is 1. The molecular weight excluding hydrogens is 1510 g/mol. The Kier molecular flexibility index (Phi) is 50.0. The highest BCUT2D eigenvalue weighted by Crippen LogP contribution is 2.53. The molecule has 106 heavy (non-hydrogen) atoms. The number of hydrogen-bond donors (Lipinski definition) is 3. The second-order valence-electron chi connectivity index (χ2n) is 27.8. The number of rotatable bonds is 59. The largest absolute Gasteiger partial charge is 0.588 e. The summed E-state index contributed by atoms with van der Waals surface area (Å²) < 4.78 is 78.0. The summed E-state index contributed by atoms with van der Waals surface area (Å²) in [4.78, 5) is 98.4. The molecule has 0 saturated carbocycles. The van der Waals surface area contributed by atoms with E-state index in [1.165, 1.54) is 51.0 Å². The Balaban J connectivity index is 2.25. The Morgan fingerprint density at radius 1 is 0.538 bits per heavy atom. The summed E-state index contributed by atoms with van der Waals surface area (Å²) >= 11 is 36.9. The van der Waals surface area contributed by atoms with Gasteiger partial charge in [-0.15, -0.1) is 0 Å². The van der Waals surface area contributed by atoms with Crippen molar-refractivity contribution in [3.05, 3.63) is 60.7 Å². The molecule has 0 unspecified atom stereocenters. The number of para-hydroxylation sites is 2. The van der Waals surface area contributed by atoms with Crippen LogP contribution in [0.25, 0.3) is 0 Å². The fourth-order valence-corrected chi connectivity index (χ4v) is 13.5. The summed E-state index contributed by atoms with van der Waals surface area (Å²) in [6, 6.07) is 11.7. The number of esters is 3. The van der Waals surface area contributed by atoms with Crippen LogP contribution in [0.15, 0.2) is 60.7 Å². The molecule has 4 N–H and O–H groups in total. The number of halogens is 6. The fraction of sp³-hybridized carbons (Fsp3) is 0.753. The van der Waals surface area contributed by atoms with Crippen LogP contribution in [0.1, 0.15) is 286 Å². The van der Waals surface area contributed by atoms with E-state index in [1.807, 2.05) is 0 Å². The average Bonchev–Trinajstić information content (AvgIpc) is 0.770. The molecule has 3 amide bonds. The maximum absolute atomic E-state index is 15.8. The number of phosphoric ester groups is 1. The van der Waals surface area contributed by atoms with E-state index < -0.39 is 138 Å². The smallest absolute Gasteiger partial charge is 0.462 e. The first-order chi connectivity index (χ1) is 50.6. The highest BCUT2D eigenvalue weighted by atomic mass is 35.6. The molecule has 29 heteroatoms. The van der Waals surface area contributed by atoms with Gasteiger partial charge in [-0.3, -0.25) is 28.5 Å². The van der Waals surface area contributed by atoms with Gasteiger partial charge in [0.15, 0.2) is 18.0 Å². The third-order valence-corrected chi connectivity index (χ3v) is 20.9. The quantitative estimate of drug-likeness (QED) is 0.0182. The summed E-state index contributed by atoms with van der Waals surface area (Å²) in [6.07, 6.45) is 18.5. The van der Waals surface area contributed by atoms with Gasteiger partial charge in [0, 0.05) is 12.8 Å². The van der Waals surface area contributed by atoms with Crippen molar-refractivity contribution in [1.82, 2.24) is 10.6 Å². The van der Waals surface area contributed by atoms with E-state index in [0.29, 0.717) is 32.1 Å². The lowest BCUT2D eigenvalue weighted by molar-refractivity contribution is -0.271. The molecule has 3 rings (SSSR count). The molecule has 0 spiro atoms. The SMILES string of the molecule is CCCCCCCCCCC[C@H](CC(=O)N[C@@H](CO[C@@H]1O[C@H](COC(=O)OC(C)(C)C(Cl)(Cl)Cl)[C@@H](OP(=O)(Oc2ccccc2)Oc2ccccc2)[C@H](OC(=O)C[C@@H](CCCCCCCCCCC)OC(=O)CCCCCCCCC)[C@H]1NC(=O)OCC(Cl)(Cl)Cl)C(N)=O)OC(=O)CCCCCCCCC. The highest BCUT2D eigenvalue weighted by Gasteiger charge is 2.55. The summed E-state index contributed by atoms with van der Waals surface area (Å²) in [5, 5.41) is 5.13. The number of benzene rings is 2. The Hall–Kier alpha value is -4.22. The number of alkyl halides is 6. The van der Waals surface area contributed by atoms with Crippen molar-refractivity contribution < 1.29 is 89.6 Å². The molecule has 1 aliphatic heterocycles. The molecule has 0 bridgehead atoms. The molecule has 606 valence electrons. The van der Waals surface area contributed by atoms with Crippen molar-refractivity contribution in [2.24, 2.45) is 5.73 Å². The predicted molar refractivity (Wildman–Crippen MR) is 416 cm³/mol. The molecule has 1 fully saturated rings. The number of carbonyl (C=O) groups excluding carboxylic acids is 7. The van der Waals surface area contributed by atoms with Gasteiger partial charge in [0.1, 0.15) is 61.2 Å². The first kappa shape index (κ1) is 96.0. The second kappa shape index (κ2) is 55.2. The van der Waals surface area contributed by atoms with Gasteiger partial charge in [0.2, 0.25) is 19.4 Å². The van der Waals surface area contributed by atoms with Gasteiger partial charge >= 0.3 is 38.0 Å². The molecule has 22 nitrogen and oxygen atoms in total.